The summed E-state index contributed by atoms with van der Waals surface area (Å²) in [4.78, 5) is 25.5. The minimum atomic E-state index is -0.564. The number of benzene rings is 3. The van der Waals surface area contributed by atoms with Crippen molar-refractivity contribution < 1.29 is 19.1 Å². The molecule has 3 aromatic rings. The van der Waals surface area contributed by atoms with Gasteiger partial charge in [-0.15, -0.1) is 0 Å². The summed E-state index contributed by atoms with van der Waals surface area (Å²) in [5.41, 5.74) is 4.45. The number of carbonyl (C=O) groups is 2. The molecule has 1 amide bonds. The number of esters is 1. The first-order valence-corrected chi connectivity index (χ1v) is 12.0. The molecule has 1 aliphatic heterocycles. The molecular formula is C28H27N3O4S. The number of hydrogen-bond acceptors (Lipinski definition) is 5. The minimum absolute atomic E-state index is 0.207. The molecule has 1 aliphatic rings. The lowest BCUT2D eigenvalue weighted by Gasteiger charge is -2.32. The third-order valence-corrected chi connectivity index (χ3v) is 5.76. The Morgan fingerprint density at radius 1 is 1.00 bits per heavy atom. The molecule has 36 heavy (non-hydrogen) atoms. The molecule has 1 atom stereocenters. The van der Waals surface area contributed by atoms with E-state index in [0.717, 1.165) is 16.7 Å². The van der Waals surface area contributed by atoms with Crippen LogP contribution in [0.2, 0.25) is 0 Å². The number of rotatable bonds is 8. The maximum Gasteiger partial charge on any atom is 0.344 e. The maximum atomic E-state index is 13.7. The molecule has 184 valence electrons. The van der Waals surface area contributed by atoms with Crippen molar-refractivity contribution in [2.45, 2.75) is 19.9 Å². The lowest BCUT2D eigenvalue weighted by Crippen LogP contribution is -2.45. The molecule has 8 heteroatoms. The van der Waals surface area contributed by atoms with Crippen LogP contribution in [0.15, 0.2) is 84.4 Å². The molecule has 4 rings (SSSR count). The third-order valence-electron chi connectivity index (χ3n) is 5.54. The first-order chi connectivity index (χ1) is 17.4. The van der Waals surface area contributed by atoms with Crippen LogP contribution in [0.25, 0.3) is 5.70 Å². The molecule has 0 saturated carbocycles. The Labute approximate surface area is 215 Å². The van der Waals surface area contributed by atoms with Crippen LogP contribution >= 0.6 is 12.2 Å². The van der Waals surface area contributed by atoms with Crippen LogP contribution in [0.3, 0.4) is 0 Å². The Morgan fingerprint density at radius 2 is 1.75 bits per heavy atom. The van der Waals surface area contributed by atoms with Gasteiger partial charge in [-0.2, -0.15) is 0 Å². The Morgan fingerprint density at radius 3 is 2.47 bits per heavy atom. The van der Waals surface area contributed by atoms with Crippen molar-refractivity contribution in [1.82, 2.24) is 10.6 Å². The van der Waals surface area contributed by atoms with Crippen LogP contribution in [0.4, 0.5) is 5.69 Å². The van der Waals surface area contributed by atoms with Crippen LogP contribution in [0.1, 0.15) is 29.7 Å². The molecule has 3 N–H and O–H groups in total. The van der Waals surface area contributed by atoms with E-state index in [1.807, 2.05) is 67.6 Å². The van der Waals surface area contributed by atoms with E-state index >= 15 is 0 Å². The smallest absolute Gasteiger partial charge is 0.344 e. The van der Waals surface area contributed by atoms with Gasteiger partial charge in [0.2, 0.25) is 0 Å². The number of thiocarbonyl (C=S) groups is 1. The van der Waals surface area contributed by atoms with E-state index in [1.54, 1.807) is 25.1 Å². The second kappa shape index (κ2) is 11.5. The first kappa shape index (κ1) is 24.9. The van der Waals surface area contributed by atoms with E-state index in [2.05, 4.69) is 16.0 Å². The van der Waals surface area contributed by atoms with E-state index in [9.17, 15) is 9.59 Å². The van der Waals surface area contributed by atoms with Crippen molar-refractivity contribution in [2.75, 3.05) is 18.5 Å². The number of carbonyl (C=O) groups excluding carboxylic acids is 2. The van der Waals surface area contributed by atoms with Crippen molar-refractivity contribution in [1.29, 1.82) is 0 Å². The fraction of sp³-hybridized carbons (Fsp3) is 0.179. The van der Waals surface area contributed by atoms with E-state index in [0.29, 0.717) is 27.8 Å². The van der Waals surface area contributed by atoms with Crippen molar-refractivity contribution >= 4 is 40.6 Å². The number of ether oxygens (including phenoxy) is 2. The second-order valence-corrected chi connectivity index (χ2v) is 8.58. The van der Waals surface area contributed by atoms with E-state index < -0.39 is 12.0 Å². The van der Waals surface area contributed by atoms with E-state index in [4.69, 9.17) is 21.7 Å². The average molecular weight is 502 g/mol. The highest BCUT2D eigenvalue weighted by Crippen LogP contribution is 2.33. The fourth-order valence-corrected chi connectivity index (χ4v) is 4.08. The summed E-state index contributed by atoms with van der Waals surface area (Å²) in [7, 11) is 0. The first-order valence-electron chi connectivity index (χ1n) is 11.6. The molecule has 0 aromatic heterocycles. The van der Waals surface area contributed by atoms with Gasteiger partial charge in [-0.1, -0.05) is 60.2 Å². The third kappa shape index (κ3) is 6.09. The zero-order chi connectivity index (χ0) is 25.5. The van der Waals surface area contributed by atoms with Gasteiger partial charge in [0, 0.05) is 5.69 Å². The maximum absolute atomic E-state index is 13.7. The van der Waals surface area contributed by atoms with Gasteiger partial charge >= 0.3 is 5.97 Å². The van der Waals surface area contributed by atoms with Gasteiger partial charge in [0.1, 0.15) is 5.75 Å². The van der Waals surface area contributed by atoms with Gasteiger partial charge in [-0.3, -0.25) is 4.79 Å². The molecule has 0 aliphatic carbocycles. The van der Waals surface area contributed by atoms with Crippen LogP contribution in [-0.2, 0) is 14.3 Å². The Bertz CT molecular complexity index is 1290. The summed E-state index contributed by atoms with van der Waals surface area (Å²) >= 11 is 5.51. The van der Waals surface area contributed by atoms with Crippen LogP contribution in [-0.4, -0.2) is 30.2 Å². The van der Waals surface area contributed by atoms with Crippen molar-refractivity contribution in [2.24, 2.45) is 0 Å². The molecule has 3 aromatic carbocycles. The SMILES string of the molecule is CCOC(=O)COc1cccc([C@H]2NC(=S)NC(c3ccccc3)=C2C(=O)Nc2ccc(C)cc2)c1. The number of aryl methyl sites for hydroxylation is 1. The minimum Gasteiger partial charge on any atom is -0.482 e. The molecule has 1 heterocycles. The van der Waals surface area contributed by atoms with Gasteiger partial charge in [0.25, 0.3) is 5.91 Å². The van der Waals surface area contributed by atoms with Gasteiger partial charge in [0.15, 0.2) is 11.7 Å². The molecule has 0 radical (unpaired) electrons. The molecular weight excluding hydrogens is 474 g/mol. The van der Waals surface area contributed by atoms with Crippen molar-refractivity contribution in [3.8, 4) is 5.75 Å². The van der Waals surface area contributed by atoms with Crippen molar-refractivity contribution in [3.05, 3.63) is 101 Å². The topological polar surface area (TPSA) is 88.7 Å². The molecule has 0 unspecified atom stereocenters. The summed E-state index contributed by atoms with van der Waals surface area (Å²) in [6.07, 6.45) is 0. The van der Waals surface area contributed by atoms with E-state index in [-0.39, 0.29) is 19.1 Å². The van der Waals surface area contributed by atoms with Crippen molar-refractivity contribution in [3.63, 3.8) is 0 Å². The van der Waals surface area contributed by atoms with Gasteiger partial charge in [-0.05, 0) is 61.5 Å². The highest BCUT2D eigenvalue weighted by molar-refractivity contribution is 7.80. The summed E-state index contributed by atoms with van der Waals surface area (Å²) in [5.74, 6) is -0.247. The lowest BCUT2D eigenvalue weighted by molar-refractivity contribution is -0.145. The summed E-state index contributed by atoms with van der Waals surface area (Å²) in [6, 6.07) is 23.8. The quantitative estimate of drug-likeness (QED) is 0.309. The van der Waals surface area contributed by atoms with Crippen LogP contribution in [0.5, 0.6) is 5.75 Å². The number of hydrogen-bond donors (Lipinski definition) is 3. The van der Waals surface area contributed by atoms with Gasteiger partial charge < -0.3 is 25.4 Å². The largest absolute Gasteiger partial charge is 0.482 e. The Kier molecular flexibility index (Phi) is 7.97. The average Bonchev–Trinajstić information content (AvgIpc) is 2.89. The van der Waals surface area contributed by atoms with Gasteiger partial charge in [0.05, 0.1) is 23.9 Å². The molecule has 0 bridgehead atoms. The number of amides is 1. The lowest BCUT2D eigenvalue weighted by atomic mass is 9.92. The Balaban J connectivity index is 1.72. The number of nitrogens with one attached hydrogen (secondary N) is 3. The highest BCUT2D eigenvalue weighted by Gasteiger charge is 2.32. The normalized spacial score (nSPS) is 14.9. The molecule has 7 nitrogen and oxygen atoms in total. The summed E-state index contributed by atoms with van der Waals surface area (Å²) < 4.78 is 10.6. The summed E-state index contributed by atoms with van der Waals surface area (Å²) in [5, 5.41) is 9.80. The zero-order valence-corrected chi connectivity index (χ0v) is 20.9. The van der Waals surface area contributed by atoms with Crippen LogP contribution < -0.4 is 20.7 Å². The highest BCUT2D eigenvalue weighted by atomic mass is 32.1. The summed E-state index contributed by atoms with van der Waals surface area (Å²) in [6.45, 7) is 3.81. The molecule has 0 fully saturated rings. The predicted octanol–water partition coefficient (Wildman–Crippen LogP) is 4.51. The Hall–Kier alpha value is -4.17. The second-order valence-electron chi connectivity index (χ2n) is 8.17. The van der Waals surface area contributed by atoms with E-state index in [1.165, 1.54) is 0 Å². The zero-order valence-electron chi connectivity index (χ0n) is 20.0. The van der Waals surface area contributed by atoms with Crippen LogP contribution in [0, 0.1) is 6.92 Å². The number of anilines is 1. The molecule has 0 spiro atoms. The predicted molar refractivity (Wildman–Crippen MR) is 143 cm³/mol. The molecule has 0 saturated heterocycles. The standard InChI is InChI=1S/C28H27N3O4S/c1-3-34-23(32)17-35-22-11-7-10-20(16-22)26-24(27(33)29-21-14-12-18(2)13-15-21)25(30-28(36)31-26)19-8-5-4-6-9-19/h4-16,26H,3,17H2,1-2H3,(H,29,33)(H2,30,31,36)/t26-/m1/s1. The fourth-order valence-electron chi connectivity index (χ4n) is 3.86. The van der Waals surface area contributed by atoms with Gasteiger partial charge in [-0.25, -0.2) is 4.79 Å². The monoisotopic (exact) mass is 501 g/mol.